The van der Waals surface area contributed by atoms with E-state index in [9.17, 15) is 14.4 Å². The fourth-order valence-electron chi connectivity index (χ4n) is 9.07. The molecule has 0 amide bonds. The molecule has 436 valence electrons. The Hall–Kier alpha value is -3.67. The van der Waals surface area contributed by atoms with Crippen molar-refractivity contribution in [3.05, 3.63) is 97.2 Å². The topological polar surface area (TPSA) is 78.9 Å². The van der Waals surface area contributed by atoms with E-state index in [-0.39, 0.29) is 31.1 Å². The van der Waals surface area contributed by atoms with Crippen LogP contribution in [-0.4, -0.2) is 37.2 Å². The van der Waals surface area contributed by atoms with Crippen molar-refractivity contribution in [2.24, 2.45) is 0 Å². The molecule has 0 heterocycles. The summed E-state index contributed by atoms with van der Waals surface area (Å²) in [5.41, 5.74) is 0. The highest BCUT2D eigenvalue weighted by molar-refractivity contribution is 5.71. The number of ether oxygens (including phenoxy) is 3. The summed E-state index contributed by atoms with van der Waals surface area (Å²) in [5.74, 6) is -0.888. The van der Waals surface area contributed by atoms with Gasteiger partial charge < -0.3 is 14.2 Å². The maximum atomic E-state index is 12.9. The van der Waals surface area contributed by atoms with Gasteiger partial charge in [0.1, 0.15) is 13.2 Å². The number of unbranched alkanes of at least 4 members (excludes halogenated alkanes) is 31. The molecule has 1 atom stereocenters. The first-order valence-corrected chi connectivity index (χ1v) is 32.2. The van der Waals surface area contributed by atoms with E-state index in [1.807, 2.05) is 0 Å². The van der Waals surface area contributed by atoms with Gasteiger partial charge in [-0.05, 0) is 96.3 Å². The molecular weight excluding hydrogens is 937 g/mol. The van der Waals surface area contributed by atoms with Crippen LogP contribution in [0.4, 0.5) is 0 Å². The Morgan fingerprint density at radius 2 is 0.513 bits per heavy atom. The van der Waals surface area contributed by atoms with Crippen molar-refractivity contribution in [2.75, 3.05) is 13.2 Å². The van der Waals surface area contributed by atoms with Crippen LogP contribution < -0.4 is 0 Å². The molecule has 1 unspecified atom stereocenters. The highest BCUT2D eigenvalue weighted by Crippen LogP contribution is 2.17. The van der Waals surface area contributed by atoms with Gasteiger partial charge in [0.15, 0.2) is 6.10 Å². The van der Waals surface area contributed by atoms with Crippen LogP contribution in [0.5, 0.6) is 0 Å². The molecule has 0 saturated heterocycles. The van der Waals surface area contributed by atoms with Crippen molar-refractivity contribution in [3.8, 4) is 0 Å². The largest absolute Gasteiger partial charge is 0.462 e. The normalized spacial score (nSPS) is 12.7. The second-order valence-corrected chi connectivity index (χ2v) is 21.3. The van der Waals surface area contributed by atoms with Crippen LogP contribution in [0.2, 0.25) is 0 Å². The first kappa shape index (κ1) is 72.3. The first-order chi connectivity index (χ1) is 37.5. The molecule has 0 aromatic rings. The van der Waals surface area contributed by atoms with E-state index in [0.717, 1.165) is 122 Å². The van der Waals surface area contributed by atoms with Gasteiger partial charge in [0.2, 0.25) is 0 Å². The molecule has 0 aliphatic carbocycles. The van der Waals surface area contributed by atoms with E-state index in [4.69, 9.17) is 14.2 Å². The molecule has 6 heteroatoms. The fraction of sp³-hybridized carbons (Fsp3) is 0.729. The van der Waals surface area contributed by atoms with E-state index >= 15 is 0 Å². The number of carbonyl (C=O) groups is 3. The maximum Gasteiger partial charge on any atom is 0.306 e. The van der Waals surface area contributed by atoms with Crippen LogP contribution in [0.1, 0.15) is 310 Å². The van der Waals surface area contributed by atoms with Gasteiger partial charge in [-0.1, -0.05) is 291 Å². The quantitative estimate of drug-likeness (QED) is 0.0261. The second-order valence-electron chi connectivity index (χ2n) is 21.3. The summed E-state index contributed by atoms with van der Waals surface area (Å²) in [7, 11) is 0. The van der Waals surface area contributed by atoms with Crippen LogP contribution in [0.15, 0.2) is 97.2 Å². The summed E-state index contributed by atoms with van der Waals surface area (Å²) < 4.78 is 16.9. The lowest BCUT2D eigenvalue weighted by molar-refractivity contribution is -0.167. The molecule has 0 aliphatic rings. The summed E-state index contributed by atoms with van der Waals surface area (Å²) in [4.78, 5) is 38.4. The Bertz CT molecular complexity index is 1490. The minimum Gasteiger partial charge on any atom is -0.462 e. The van der Waals surface area contributed by atoms with Crippen molar-refractivity contribution in [1.82, 2.24) is 0 Å². The van der Waals surface area contributed by atoms with Crippen LogP contribution in [-0.2, 0) is 28.6 Å². The van der Waals surface area contributed by atoms with Gasteiger partial charge in [0.05, 0.1) is 0 Å². The fourth-order valence-corrected chi connectivity index (χ4v) is 9.07. The van der Waals surface area contributed by atoms with Crippen LogP contribution in [0, 0.1) is 0 Å². The lowest BCUT2D eigenvalue weighted by Gasteiger charge is -2.18. The average molecular weight is 1060 g/mol. The molecule has 6 nitrogen and oxygen atoms in total. The SMILES string of the molecule is CC/C=C\C/C=C\C/C=C\C/C=C\CCCCCCCCCCCCC(=O)OCC(COC(=O)CCCCCCCCCCCCCCCCCC)OC(=O)CCCCCCCC/C=C\C/C=C\C/C=C\C/C=C\CC. The lowest BCUT2D eigenvalue weighted by Crippen LogP contribution is -2.30. The van der Waals surface area contributed by atoms with E-state index in [1.165, 1.54) is 148 Å². The zero-order valence-electron chi connectivity index (χ0n) is 50.0. The predicted octanol–water partition coefficient (Wildman–Crippen LogP) is 22.0. The Morgan fingerprint density at radius 1 is 0.276 bits per heavy atom. The van der Waals surface area contributed by atoms with Crippen LogP contribution >= 0.6 is 0 Å². The second kappa shape index (κ2) is 63.9. The molecule has 0 bridgehead atoms. The van der Waals surface area contributed by atoms with Crippen molar-refractivity contribution in [2.45, 2.75) is 316 Å². The lowest BCUT2D eigenvalue weighted by atomic mass is 10.0. The third-order valence-electron chi connectivity index (χ3n) is 13.8. The van der Waals surface area contributed by atoms with E-state index in [0.29, 0.717) is 19.3 Å². The van der Waals surface area contributed by atoms with E-state index in [1.54, 1.807) is 0 Å². The third-order valence-corrected chi connectivity index (χ3v) is 13.8. The minimum absolute atomic E-state index is 0.0821. The summed E-state index contributed by atoms with van der Waals surface area (Å²) in [5, 5.41) is 0. The zero-order valence-corrected chi connectivity index (χ0v) is 50.0. The van der Waals surface area contributed by atoms with Crippen LogP contribution in [0.3, 0.4) is 0 Å². The summed E-state index contributed by atoms with van der Waals surface area (Å²) >= 11 is 0. The van der Waals surface area contributed by atoms with Gasteiger partial charge in [0.25, 0.3) is 0 Å². The predicted molar refractivity (Wildman–Crippen MR) is 330 cm³/mol. The molecule has 0 aromatic heterocycles. The zero-order chi connectivity index (χ0) is 55.0. The highest BCUT2D eigenvalue weighted by atomic mass is 16.6. The van der Waals surface area contributed by atoms with Gasteiger partial charge in [-0.2, -0.15) is 0 Å². The van der Waals surface area contributed by atoms with Crippen LogP contribution in [0.25, 0.3) is 0 Å². The molecule has 0 saturated carbocycles. The molecule has 0 fully saturated rings. The Morgan fingerprint density at radius 3 is 0.803 bits per heavy atom. The first-order valence-electron chi connectivity index (χ1n) is 32.2. The van der Waals surface area contributed by atoms with E-state index in [2.05, 4.69) is 118 Å². The number of carbonyl (C=O) groups excluding carboxylic acids is 3. The van der Waals surface area contributed by atoms with Crippen molar-refractivity contribution in [1.29, 1.82) is 0 Å². The molecule has 0 spiro atoms. The molecule has 0 aromatic carbocycles. The van der Waals surface area contributed by atoms with Crippen molar-refractivity contribution in [3.63, 3.8) is 0 Å². The van der Waals surface area contributed by atoms with Gasteiger partial charge >= 0.3 is 17.9 Å². The third kappa shape index (κ3) is 61.2. The summed E-state index contributed by atoms with van der Waals surface area (Å²) in [6.07, 6.45) is 85.5. The Balaban J connectivity index is 4.38. The molecule has 0 radical (unpaired) electrons. The molecule has 0 N–H and O–H groups in total. The number of esters is 3. The van der Waals surface area contributed by atoms with Crippen molar-refractivity contribution < 1.29 is 28.6 Å². The number of allylic oxidation sites excluding steroid dienone is 16. The van der Waals surface area contributed by atoms with Gasteiger partial charge in [-0.25, -0.2) is 0 Å². The van der Waals surface area contributed by atoms with Gasteiger partial charge in [-0.15, -0.1) is 0 Å². The smallest absolute Gasteiger partial charge is 0.306 e. The van der Waals surface area contributed by atoms with Gasteiger partial charge in [0, 0.05) is 19.3 Å². The summed E-state index contributed by atoms with van der Waals surface area (Å²) in [6.45, 7) is 6.44. The number of hydrogen-bond donors (Lipinski definition) is 0. The van der Waals surface area contributed by atoms with Crippen molar-refractivity contribution >= 4 is 17.9 Å². The Kier molecular flexibility index (Phi) is 60.8. The molecule has 0 aliphatic heterocycles. The highest BCUT2D eigenvalue weighted by Gasteiger charge is 2.19. The summed E-state index contributed by atoms with van der Waals surface area (Å²) in [6, 6.07) is 0. The number of hydrogen-bond acceptors (Lipinski definition) is 6. The Labute approximate surface area is 470 Å². The molecule has 0 rings (SSSR count). The minimum atomic E-state index is -0.788. The maximum absolute atomic E-state index is 12.9. The van der Waals surface area contributed by atoms with Gasteiger partial charge in [-0.3, -0.25) is 14.4 Å². The average Bonchev–Trinajstić information content (AvgIpc) is 3.42. The van der Waals surface area contributed by atoms with E-state index < -0.39 is 6.10 Å². The number of rotatable bonds is 58. The monoisotopic (exact) mass is 1060 g/mol. The standard InChI is InChI=1S/C70H120O6/c1-4-7-10-13-16-19-22-25-28-31-33-34-35-36-38-39-42-45-48-51-54-57-60-63-69(72)75-66-67(65-74-68(71)62-59-56-53-50-47-44-41-30-27-24-21-18-15-12-9-6-3)76-70(73)64-61-58-55-52-49-46-43-40-37-32-29-26-23-20-17-14-11-8-5-2/h7-8,10-11,16-17,19-20,25-26,28-29,33-34,37,40,67H,4-6,9,12-15,18,21-24,27,30-32,35-36,38-39,41-66H2,1-3H3/b10-7-,11-8-,19-16-,20-17-,28-25-,29-26-,34-33-,40-37-. The molecule has 76 heavy (non-hydrogen) atoms. The molecular formula is C70H120O6.